The molecule has 0 saturated carbocycles. The van der Waals surface area contributed by atoms with Crippen LogP contribution in [0.4, 0.5) is 11.4 Å². The number of hydrogen-bond donors (Lipinski definition) is 2. The summed E-state index contributed by atoms with van der Waals surface area (Å²) >= 11 is 18.2. The number of furan rings is 1. The molecule has 1 aliphatic rings. The average Bonchev–Trinajstić information content (AvgIpc) is 3.44. The van der Waals surface area contributed by atoms with Crippen LogP contribution in [0, 0.1) is 0 Å². The third-order valence-corrected chi connectivity index (χ3v) is 7.13. The molecule has 5 rings (SSSR count). The Morgan fingerprint density at radius 3 is 2.50 bits per heavy atom. The van der Waals surface area contributed by atoms with Gasteiger partial charge in [0.05, 0.1) is 23.0 Å². The Labute approximate surface area is 224 Å². The van der Waals surface area contributed by atoms with Gasteiger partial charge in [0.1, 0.15) is 17.6 Å². The van der Waals surface area contributed by atoms with Gasteiger partial charge in [0.25, 0.3) is 0 Å². The molecule has 1 fully saturated rings. The van der Waals surface area contributed by atoms with E-state index in [9.17, 15) is 8.42 Å². The van der Waals surface area contributed by atoms with Crippen LogP contribution in [0.1, 0.15) is 23.5 Å². The molecule has 1 saturated heterocycles. The number of aromatic nitrogens is 1. The van der Waals surface area contributed by atoms with E-state index in [4.69, 9.17) is 39.8 Å². The minimum atomic E-state index is -3.39. The molecular weight excluding hydrogens is 539 g/mol. The van der Waals surface area contributed by atoms with E-state index in [0.717, 1.165) is 23.2 Å². The monoisotopic (exact) mass is 558 g/mol. The van der Waals surface area contributed by atoms with E-state index in [1.54, 1.807) is 42.6 Å². The topological polar surface area (TPSA) is 87.5 Å². The van der Waals surface area contributed by atoms with Gasteiger partial charge in [-0.2, -0.15) is 0 Å². The van der Waals surface area contributed by atoms with Crippen LogP contribution in [-0.2, 0) is 10.0 Å². The van der Waals surface area contributed by atoms with E-state index in [1.165, 1.54) is 0 Å². The van der Waals surface area contributed by atoms with E-state index in [-0.39, 0.29) is 12.1 Å². The van der Waals surface area contributed by atoms with Crippen LogP contribution in [0.2, 0.25) is 10.0 Å². The zero-order chi connectivity index (χ0) is 25.4. The number of nitrogens with one attached hydrogen (secondary N) is 2. The molecule has 1 aliphatic heterocycles. The van der Waals surface area contributed by atoms with E-state index < -0.39 is 10.0 Å². The maximum atomic E-state index is 11.6. The van der Waals surface area contributed by atoms with Crippen LogP contribution >= 0.6 is 35.4 Å². The van der Waals surface area contributed by atoms with Crippen molar-refractivity contribution in [2.24, 2.45) is 0 Å². The van der Waals surface area contributed by atoms with Gasteiger partial charge in [0, 0.05) is 28.2 Å². The lowest BCUT2D eigenvalue weighted by molar-refractivity contribution is 0.439. The summed E-state index contributed by atoms with van der Waals surface area (Å²) < 4.78 is 32.0. The molecular formula is C25H20Cl2N4O3S2. The number of rotatable bonds is 6. The van der Waals surface area contributed by atoms with Gasteiger partial charge >= 0.3 is 0 Å². The van der Waals surface area contributed by atoms with Crippen LogP contribution in [-0.4, -0.2) is 24.8 Å². The molecule has 11 heteroatoms. The van der Waals surface area contributed by atoms with E-state index in [1.807, 2.05) is 41.3 Å². The fourth-order valence-corrected chi connectivity index (χ4v) is 5.58. The molecule has 4 aromatic rings. The lowest BCUT2D eigenvalue weighted by atomic mass is 10.0. The number of pyridine rings is 1. The normalized spacial score (nSPS) is 17.8. The smallest absolute Gasteiger partial charge is 0.229 e. The molecule has 0 spiro atoms. The van der Waals surface area contributed by atoms with Crippen LogP contribution in [0.15, 0.2) is 83.4 Å². The summed E-state index contributed by atoms with van der Waals surface area (Å²) in [6, 6.07) is 21.0. The molecule has 184 valence electrons. The fraction of sp³-hybridized carbons (Fsp3) is 0.120. The number of thiocarbonyl (C=S) groups is 1. The van der Waals surface area contributed by atoms with E-state index >= 15 is 0 Å². The van der Waals surface area contributed by atoms with Crippen molar-refractivity contribution in [2.45, 2.75) is 12.1 Å². The fourth-order valence-electron chi connectivity index (χ4n) is 4.17. The quantitative estimate of drug-likeness (QED) is 0.272. The van der Waals surface area contributed by atoms with E-state index in [0.29, 0.717) is 32.4 Å². The molecule has 0 amide bonds. The Kier molecular flexibility index (Phi) is 6.65. The van der Waals surface area contributed by atoms with E-state index in [2.05, 4.69) is 15.0 Å². The van der Waals surface area contributed by atoms with Gasteiger partial charge in [-0.15, -0.1) is 0 Å². The second-order valence-electron chi connectivity index (χ2n) is 8.24. The third-order valence-electron chi connectivity index (χ3n) is 5.66. The molecule has 2 aromatic carbocycles. The summed E-state index contributed by atoms with van der Waals surface area (Å²) in [5.74, 6) is 1.24. The summed E-state index contributed by atoms with van der Waals surface area (Å²) in [5, 5.41) is 4.88. The first-order valence-corrected chi connectivity index (χ1v) is 13.9. The van der Waals surface area contributed by atoms with Gasteiger partial charge in [-0.1, -0.05) is 29.3 Å². The maximum Gasteiger partial charge on any atom is 0.229 e. The molecule has 2 N–H and O–H groups in total. The third kappa shape index (κ3) is 5.05. The first-order chi connectivity index (χ1) is 17.2. The molecule has 2 atom stereocenters. The average molecular weight is 560 g/mol. The summed E-state index contributed by atoms with van der Waals surface area (Å²) in [5.41, 5.74) is 2.73. The summed E-state index contributed by atoms with van der Waals surface area (Å²) in [6.07, 6.45) is 2.84. The van der Waals surface area contributed by atoms with Crippen LogP contribution in [0.3, 0.4) is 0 Å². The Hall–Kier alpha value is -3.11. The number of halogens is 2. The standard InChI is InChI=1S/C25H20Cl2N4O3S2/c1-36(32,33)30-16-6-8-17(9-7-16)31-24(23(29-25(31)35)20-4-2-3-13-28-20)22-12-11-21(34-22)18-10-5-15(26)14-19(18)27/h2-14,23-24,30H,1H3,(H,29,35)/t23-,24-/m1/s1. The minimum Gasteiger partial charge on any atom is -0.459 e. The van der Waals surface area contributed by atoms with Gasteiger partial charge in [-0.25, -0.2) is 8.42 Å². The second-order valence-corrected chi connectivity index (χ2v) is 11.2. The van der Waals surface area contributed by atoms with Crippen molar-refractivity contribution in [3.8, 4) is 11.3 Å². The molecule has 0 unspecified atom stereocenters. The predicted molar refractivity (Wildman–Crippen MR) is 147 cm³/mol. The van der Waals surface area contributed by atoms with Crippen LogP contribution in [0.25, 0.3) is 11.3 Å². The predicted octanol–water partition coefficient (Wildman–Crippen LogP) is 6.20. The van der Waals surface area contributed by atoms with Crippen molar-refractivity contribution in [3.63, 3.8) is 0 Å². The highest BCUT2D eigenvalue weighted by atomic mass is 35.5. The molecule has 0 radical (unpaired) electrons. The molecule has 0 bridgehead atoms. The first-order valence-electron chi connectivity index (χ1n) is 10.8. The van der Waals surface area contributed by atoms with Crippen molar-refractivity contribution in [3.05, 3.63) is 100 Å². The summed E-state index contributed by atoms with van der Waals surface area (Å²) in [4.78, 5) is 6.47. The zero-order valence-electron chi connectivity index (χ0n) is 18.9. The molecule has 3 heterocycles. The van der Waals surface area contributed by atoms with Gasteiger partial charge in [0.15, 0.2) is 5.11 Å². The molecule has 0 aliphatic carbocycles. The first kappa shape index (κ1) is 24.6. The number of anilines is 2. The maximum absolute atomic E-state index is 11.6. The van der Waals surface area contributed by atoms with Crippen molar-refractivity contribution in [1.29, 1.82) is 0 Å². The van der Waals surface area contributed by atoms with Gasteiger partial charge < -0.3 is 14.6 Å². The van der Waals surface area contributed by atoms with Crippen LogP contribution in [0.5, 0.6) is 0 Å². The van der Waals surface area contributed by atoms with Crippen molar-refractivity contribution < 1.29 is 12.8 Å². The highest BCUT2D eigenvalue weighted by Gasteiger charge is 2.42. The molecule has 2 aromatic heterocycles. The van der Waals surface area contributed by atoms with Gasteiger partial charge in [-0.3, -0.25) is 9.71 Å². The highest BCUT2D eigenvalue weighted by molar-refractivity contribution is 7.92. The Morgan fingerprint density at radius 1 is 1.06 bits per heavy atom. The SMILES string of the molecule is CS(=O)(=O)Nc1ccc(N2C(=S)N[C@H](c3ccccn3)[C@H]2c2ccc(-c3ccc(Cl)cc3Cl)o2)cc1. The Bertz CT molecular complexity index is 1530. The highest BCUT2D eigenvalue weighted by Crippen LogP contribution is 2.43. The number of nitrogens with zero attached hydrogens (tertiary/aromatic N) is 2. The van der Waals surface area contributed by atoms with Crippen molar-refractivity contribution in [2.75, 3.05) is 15.9 Å². The summed E-state index contributed by atoms with van der Waals surface area (Å²) in [7, 11) is -3.39. The Morgan fingerprint density at radius 2 is 1.83 bits per heavy atom. The molecule has 36 heavy (non-hydrogen) atoms. The van der Waals surface area contributed by atoms with Crippen molar-refractivity contribution in [1.82, 2.24) is 10.3 Å². The minimum absolute atomic E-state index is 0.299. The van der Waals surface area contributed by atoms with Gasteiger partial charge in [0.2, 0.25) is 10.0 Å². The molecule has 7 nitrogen and oxygen atoms in total. The Balaban J connectivity index is 1.56. The largest absolute Gasteiger partial charge is 0.459 e. The number of hydrogen-bond acceptors (Lipinski definition) is 5. The van der Waals surface area contributed by atoms with Gasteiger partial charge in [-0.05, 0) is 78.9 Å². The number of benzene rings is 2. The lowest BCUT2D eigenvalue weighted by Gasteiger charge is -2.26. The zero-order valence-corrected chi connectivity index (χ0v) is 22.0. The second kappa shape index (κ2) is 9.74. The number of sulfonamides is 1. The van der Waals surface area contributed by atoms with Crippen LogP contribution < -0.4 is 14.9 Å². The lowest BCUT2D eigenvalue weighted by Crippen LogP contribution is -2.29. The summed E-state index contributed by atoms with van der Waals surface area (Å²) in [6.45, 7) is 0. The van der Waals surface area contributed by atoms with Crippen molar-refractivity contribution >= 4 is 61.9 Å².